The van der Waals surface area contributed by atoms with Crippen molar-refractivity contribution < 1.29 is 97.1 Å². The predicted molar refractivity (Wildman–Crippen MR) is 526 cm³/mol. The van der Waals surface area contributed by atoms with Crippen molar-refractivity contribution in [1.29, 1.82) is 21.6 Å². The molecule has 4 aromatic carbocycles. The third-order valence-electron chi connectivity index (χ3n) is 22.8. The highest BCUT2D eigenvalue weighted by Crippen LogP contribution is 2.27. The number of nitrogens with one attached hydrogen (secondary N) is 21. The first-order valence-electron chi connectivity index (χ1n) is 46.4. The molecule has 41 N–H and O–H groups in total. The smallest absolute Gasteiger partial charge is 0.326 e. The van der Waals surface area contributed by atoms with Crippen LogP contribution in [0.15, 0.2) is 91.0 Å². The molecule has 14 atom stereocenters. The number of amides is 15. The van der Waals surface area contributed by atoms with E-state index in [0.29, 0.717) is 50.9 Å². The molecule has 52 heteroatoms. The molecule has 15 amide bonds. The molecule has 2 aliphatic rings. The number of carboxylic acid groups (broad SMARTS) is 2. The summed E-state index contributed by atoms with van der Waals surface area (Å²) in [6.45, 7) is -0.145. The third-order valence-corrected chi connectivity index (χ3v) is 25.2. The molecule has 4 aromatic rings. The molecule has 0 aliphatic carbocycles. The lowest BCUT2D eigenvalue weighted by Gasteiger charge is -2.31. The van der Waals surface area contributed by atoms with Crippen molar-refractivity contribution in [2.45, 2.75) is 232 Å². The van der Waals surface area contributed by atoms with Crippen LogP contribution in [0.5, 0.6) is 11.5 Å². The lowest BCUT2D eigenvalue weighted by molar-refractivity contribution is -0.143. The number of carbonyl (C=O) groups excluding carboxylic acids is 14. The van der Waals surface area contributed by atoms with E-state index in [1.807, 2.05) is 0 Å². The molecule has 141 heavy (non-hydrogen) atoms. The van der Waals surface area contributed by atoms with Gasteiger partial charge in [0.2, 0.25) is 76.8 Å². The molecule has 0 radical (unpaired) electrons. The average Bonchev–Trinajstić information content (AvgIpc) is 1.69. The summed E-state index contributed by atoms with van der Waals surface area (Å²) in [5.74, 6) is -20.0. The van der Waals surface area contributed by atoms with Crippen LogP contribution in [0.1, 0.15) is 145 Å². The van der Waals surface area contributed by atoms with Crippen molar-refractivity contribution in [3.8, 4) is 11.5 Å². The van der Waals surface area contributed by atoms with Crippen LogP contribution in [0, 0.1) is 21.6 Å². The van der Waals surface area contributed by atoms with Crippen molar-refractivity contribution in [3.63, 3.8) is 0 Å². The number of nitrogens with zero attached hydrogens (tertiary/aromatic N) is 1. The van der Waals surface area contributed by atoms with E-state index < -0.39 is 241 Å². The van der Waals surface area contributed by atoms with Gasteiger partial charge in [-0.3, -0.25) is 88.8 Å². The molecular formula is C89H136N30O20S2. The highest BCUT2D eigenvalue weighted by atomic mass is 33.1. The first-order chi connectivity index (χ1) is 67.2. The number of primary amides is 1. The van der Waals surface area contributed by atoms with Gasteiger partial charge in [0.05, 0.1) is 6.04 Å². The van der Waals surface area contributed by atoms with Gasteiger partial charge in [0, 0.05) is 76.5 Å². The van der Waals surface area contributed by atoms with Crippen LogP contribution in [0.25, 0.3) is 10.8 Å². The van der Waals surface area contributed by atoms with E-state index in [1.54, 1.807) is 42.5 Å². The van der Waals surface area contributed by atoms with Crippen molar-refractivity contribution in [1.82, 2.24) is 95.3 Å². The molecule has 2 heterocycles. The monoisotopic (exact) mass is 2010 g/mol. The summed E-state index contributed by atoms with van der Waals surface area (Å²) in [4.78, 5) is 237. The van der Waals surface area contributed by atoms with Crippen molar-refractivity contribution >= 4 is 151 Å². The zero-order valence-corrected chi connectivity index (χ0v) is 79.9. The Bertz CT molecular complexity index is 4940. The fraction of sp³-hybridized carbons (Fsp3) is 0.528. The van der Waals surface area contributed by atoms with Crippen LogP contribution in [0.2, 0.25) is 0 Å². The quantitative estimate of drug-likeness (QED) is 0.00849. The number of benzene rings is 4. The second-order valence-corrected chi connectivity index (χ2v) is 36.5. The van der Waals surface area contributed by atoms with Crippen molar-refractivity contribution in [2.75, 3.05) is 63.9 Å². The van der Waals surface area contributed by atoms with Gasteiger partial charge in [0.1, 0.15) is 90.0 Å². The maximum Gasteiger partial charge on any atom is 0.326 e. The minimum atomic E-state index is -1.94. The molecule has 0 unspecified atom stereocenters. The zero-order chi connectivity index (χ0) is 104. The lowest BCUT2D eigenvalue weighted by Crippen LogP contribution is -2.61. The lowest BCUT2D eigenvalue weighted by atomic mass is 10.00. The molecule has 2 fully saturated rings. The number of guanidine groups is 4. The number of unbranched alkanes of at least 4 members (excludes halogenated alkanes) is 2. The van der Waals surface area contributed by atoms with Gasteiger partial charge in [-0.25, -0.2) is 9.59 Å². The fourth-order valence-electron chi connectivity index (χ4n) is 15.2. The predicted octanol–water partition coefficient (Wildman–Crippen LogP) is -5.48. The van der Waals surface area contributed by atoms with E-state index in [4.69, 9.17) is 67.5 Å². The molecule has 50 nitrogen and oxygen atoms in total. The van der Waals surface area contributed by atoms with Crippen molar-refractivity contribution in [2.24, 2.45) is 45.9 Å². The van der Waals surface area contributed by atoms with Gasteiger partial charge in [-0.15, -0.1) is 0 Å². The van der Waals surface area contributed by atoms with E-state index in [0.717, 1.165) is 5.39 Å². The summed E-state index contributed by atoms with van der Waals surface area (Å²) in [6, 6.07) is -1.36. The van der Waals surface area contributed by atoms with Crippen LogP contribution in [-0.2, 0) is 91.2 Å². The maximum absolute atomic E-state index is 16.0. The van der Waals surface area contributed by atoms with Crippen LogP contribution in [0.4, 0.5) is 4.79 Å². The van der Waals surface area contributed by atoms with Gasteiger partial charge in [0.15, 0.2) is 23.8 Å². The molecule has 0 saturated carbocycles. The zero-order valence-electron chi connectivity index (χ0n) is 78.3. The Labute approximate surface area is 822 Å². The summed E-state index contributed by atoms with van der Waals surface area (Å²) in [7, 11) is 1.42. The number of aliphatic carboxylic acids is 2. The highest BCUT2D eigenvalue weighted by Gasteiger charge is 2.43. The Kier molecular flexibility index (Phi) is 50.1. The Hall–Kier alpha value is -14.3. The SMILES string of the molecule is N=C(N)NCCC[C@H](NC(=O)[C@@H]1CSSC[C@H](NC(=O)[C@H](Cc2ccc3ccccc3c2)NC(=O)[C@H](CCC(=O)O)NC(=O)[C@@H](N)CCCNC(=N)N)C(=O)N[C@@H](Cc2ccc(O)cc2)C(=O)N[C@@H](CCCNC(=N)N)C(=O)N[C@@H](CCCCN)C(=O)N[C@H](CCCCN)C(=O)N2CCC[C@H]2C(=O)N[C@@H](Cc2ccc(O)cc2)C(=O)N[C@@H](CCCNC(=N)N)C(=O)N[C@@H](CCCNC(N)=O)C(=O)N1)C(=O)O. The van der Waals surface area contributed by atoms with Gasteiger partial charge in [-0.1, -0.05) is 88.3 Å². The van der Waals surface area contributed by atoms with Gasteiger partial charge < -0.3 is 162 Å². The standard InChI is InChI=1S/C89H136N30O20S2/c90-35-5-3-16-57-74(127)112-62(17-4-6-36-91)83(136)119-42-12-22-69(119)82(135)116-65(45-50-26-31-55(121)32-27-50)78(131)111-59(19-9-39-104-87(97)98)73(126)109-60(20-10-41-106-89(101)139)75(128)117-67(80(133)113-63(84(137)138)21-11-40-105-88(99)100)47-140-141-48-68(81(134)115-64(44-49-24-29-54(120)30-25-49)77(130)110-58(72(125)108-57)18-8-38-103-86(95)96)118-79(132)66(46-51-23-28-52-13-1-2-14-53(52)43-51)114-76(129)61(33-34-70(122)123)107-71(124)56(92)15-7-37-102-85(93)94/h1-2,13-14,23-32,43,56-69,120-121H,3-12,15-22,33-42,44-48,90-92H2,(H,107,124)(H,108,125)(H,109,126)(H,110,130)(H,111,131)(H,112,127)(H,113,133)(H,114,129)(H,115,134)(H,116,135)(H,117,128)(H,118,132)(H,122,123)(H,137,138)(H4,93,94,102)(H4,95,96,103)(H4,97,98,104)(H4,99,100,105)(H3,101,106,139)/t56-,57-,58-,59-,60-,61-,62+,63-,64-,65-,66-,67-,68-,69-/m0/s1. The number of carboxylic acids is 2. The molecule has 2 aliphatic heterocycles. The van der Waals surface area contributed by atoms with Crippen LogP contribution >= 0.6 is 21.6 Å². The van der Waals surface area contributed by atoms with Gasteiger partial charge in [0.25, 0.3) is 0 Å². The Balaban J connectivity index is 1.61. The van der Waals surface area contributed by atoms with Crippen LogP contribution < -0.4 is 136 Å². The molecule has 0 spiro atoms. The number of hydrogen-bond donors (Lipinski definition) is 33. The number of urea groups is 1. The van der Waals surface area contributed by atoms with Crippen LogP contribution in [-0.4, -0.2) is 292 Å². The topological polar surface area (TPSA) is 865 Å². The van der Waals surface area contributed by atoms with Gasteiger partial charge in [-0.05, 0) is 187 Å². The Morgan fingerprint density at radius 1 is 0.433 bits per heavy atom. The number of phenols is 2. The number of rotatable bonds is 46. The van der Waals surface area contributed by atoms with Gasteiger partial charge in [-0.2, -0.15) is 0 Å². The second kappa shape index (κ2) is 61.2. The van der Waals surface area contributed by atoms with Gasteiger partial charge >= 0.3 is 18.0 Å². The largest absolute Gasteiger partial charge is 0.508 e. The first kappa shape index (κ1) is 115. The second-order valence-electron chi connectivity index (χ2n) is 33.9. The molecule has 0 bridgehead atoms. The molecule has 6 rings (SSSR count). The number of aromatic hydroxyl groups is 2. The maximum atomic E-state index is 16.0. The number of carbonyl (C=O) groups is 16. The minimum absolute atomic E-state index is 0.00692. The summed E-state index contributed by atoms with van der Waals surface area (Å²) >= 11 is 0. The normalized spacial score (nSPS) is 20.4. The summed E-state index contributed by atoms with van der Waals surface area (Å²) in [5.41, 5.74) is 46.9. The molecular weight excluding hydrogens is 1870 g/mol. The Morgan fingerprint density at radius 2 is 0.858 bits per heavy atom. The fourth-order valence-corrected chi connectivity index (χ4v) is 17.6. The van der Waals surface area contributed by atoms with Crippen LogP contribution in [0.3, 0.4) is 0 Å². The van der Waals surface area contributed by atoms with Crippen molar-refractivity contribution in [3.05, 3.63) is 108 Å². The number of nitrogens with two attached hydrogens (primary N) is 8. The van der Waals surface area contributed by atoms with E-state index in [9.17, 15) is 44.4 Å². The molecule has 774 valence electrons. The minimum Gasteiger partial charge on any atom is -0.508 e. The van der Waals surface area contributed by atoms with E-state index >= 15 is 52.7 Å². The Morgan fingerprint density at radius 3 is 1.35 bits per heavy atom. The number of phenolic OH excluding ortho intramolecular Hbond substituents is 2. The highest BCUT2D eigenvalue weighted by molar-refractivity contribution is 8.76. The first-order valence-corrected chi connectivity index (χ1v) is 48.9. The summed E-state index contributed by atoms with van der Waals surface area (Å²) < 4.78 is 0. The van der Waals surface area contributed by atoms with E-state index in [2.05, 4.69) is 90.4 Å². The van der Waals surface area contributed by atoms with E-state index in [-0.39, 0.29) is 178 Å². The summed E-state index contributed by atoms with van der Waals surface area (Å²) in [5, 5.41) is 118. The number of hydrogen-bond acceptors (Lipinski definition) is 27. The average molecular weight is 2010 g/mol. The molecule has 0 aromatic heterocycles. The van der Waals surface area contributed by atoms with E-state index in [1.165, 1.54) is 53.4 Å². The third kappa shape index (κ3) is 42.5. The number of fused-ring (bicyclic) bond motifs is 2. The molecule has 2 saturated heterocycles. The summed E-state index contributed by atoms with van der Waals surface area (Å²) in [6.07, 6.45) is -2.92.